The molecule has 0 radical (unpaired) electrons. The molecule has 0 aliphatic heterocycles. The summed E-state index contributed by atoms with van der Waals surface area (Å²) in [4.78, 5) is 12.0. The molecule has 1 aromatic heterocycles. The van der Waals surface area contributed by atoms with Crippen LogP contribution in [0.15, 0.2) is 6.20 Å². The van der Waals surface area contributed by atoms with Gasteiger partial charge in [0.15, 0.2) is 5.69 Å². The van der Waals surface area contributed by atoms with Gasteiger partial charge < -0.3 is 10.4 Å². The van der Waals surface area contributed by atoms with Gasteiger partial charge in [-0.3, -0.25) is 9.48 Å². The second-order valence-electron chi connectivity index (χ2n) is 5.36. The van der Waals surface area contributed by atoms with E-state index in [9.17, 15) is 18.0 Å². The zero-order valence-electron chi connectivity index (χ0n) is 12.4. The number of aliphatic hydroxyl groups excluding tert-OH is 1. The maximum atomic E-state index is 13.1. The third-order valence-corrected chi connectivity index (χ3v) is 3.30. The first-order valence-electron chi connectivity index (χ1n) is 6.66. The van der Waals surface area contributed by atoms with E-state index in [0.29, 0.717) is 0 Å². The largest absolute Gasteiger partial charge is 0.433 e. The maximum Gasteiger partial charge on any atom is 0.433 e. The molecule has 1 rings (SSSR count). The lowest BCUT2D eigenvalue weighted by atomic mass is 10.0. The lowest BCUT2D eigenvalue weighted by molar-refractivity contribution is -0.145. The van der Waals surface area contributed by atoms with E-state index < -0.39 is 35.4 Å². The molecule has 0 bridgehead atoms. The van der Waals surface area contributed by atoms with Crippen LogP contribution >= 0.6 is 0 Å². The molecule has 1 heterocycles. The first kappa shape index (κ1) is 17.5. The summed E-state index contributed by atoms with van der Waals surface area (Å²) in [6.45, 7) is 6.26. The molecule has 2 unspecified atom stereocenters. The van der Waals surface area contributed by atoms with Crippen molar-refractivity contribution in [3.63, 3.8) is 0 Å². The van der Waals surface area contributed by atoms with Crippen molar-refractivity contribution in [3.05, 3.63) is 17.5 Å². The number of hydrogen-bond donors (Lipinski definition) is 2. The summed E-state index contributed by atoms with van der Waals surface area (Å²) in [6.07, 6.45) is -3.74. The van der Waals surface area contributed by atoms with Gasteiger partial charge in [-0.15, -0.1) is 0 Å². The number of amides is 1. The highest BCUT2D eigenvalue weighted by molar-refractivity contribution is 5.95. The Morgan fingerprint density at radius 3 is 2.38 bits per heavy atom. The molecule has 1 amide bonds. The van der Waals surface area contributed by atoms with E-state index in [4.69, 9.17) is 5.11 Å². The predicted molar refractivity (Wildman–Crippen MR) is 70.8 cm³/mol. The summed E-state index contributed by atoms with van der Waals surface area (Å²) in [5, 5.41) is 15.1. The topological polar surface area (TPSA) is 67.2 Å². The van der Waals surface area contributed by atoms with E-state index in [1.165, 1.54) is 0 Å². The summed E-state index contributed by atoms with van der Waals surface area (Å²) in [6, 6.07) is -0.969. The number of alkyl halides is 3. The lowest BCUT2D eigenvalue weighted by Crippen LogP contribution is -2.39. The van der Waals surface area contributed by atoms with Crippen LogP contribution in [-0.4, -0.2) is 33.4 Å². The third-order valence-electron chi connectivity index (χ3n) is 3.30. The average Bonchev–Trinajstić information content (AvgIpc) is 2.82. The minimum Gasteiger partial charge on any atom is -0.396 e. The average molecular weight is 307 g/mol. The Hall–Kier alpha value is -1.57. The van der Waals surface area contributed by atoms with Crippen molar-refractivity contribution < 1.29 is 23.1 Å². The van der Waals surface area contributed by atoms with Crippen LogP contribution in [0.4, 0.5) is 13.2 Å². The van der Waals surface area contributed by atoms with Gasteiger partial charge in [0.1, 0.15) is 0 Å². The van der Waals surface area contributed by atoms with Crippen molar-refractivity contribution in [3.8, 4) is 0 Å². The minimum atomic E-state index is -4.67. The fraction of sp³-hybridized carbons (Fsp3) is 0.692. The SMILES string of the molecule is CC(CO)C(C)NC(=O)c1cnn(C(C)C)c1C(F)(F)F. The van der Waals surface area contributed by atoms with Crippen LogP contribution in [0.5, 0.6) is 0 Å². The number of nitrogens with one attached hydrogen (secondary N) is 1. The van der Waals surface area contributed by atoms with Crippen LogP contribution in [-0.2, 0) is 6.18 Å². The summed E-state index contributed by atoms with van der Waals surface area (Å²) >= 11 is 0. The van der Waals surface area contributed by atoms with Crippen molar-refractivity contribution in [2.75, 3.05) is 6.61 Å². The third kappa shape index (κ3) is 3.96. The highest BCUT2D eigenvalue weighted by atomic mass is 19.4. The van der Waals surface area contributed by atoms with Crippen LogP contribution in [0.3, 0.4) is 0 Å². The molecule has 0 aliphatic carbocycles. The summed E-state index contributed by atoms with van der Waals surface area (Å²) in [5.41, 5.74) is -1.56. The van der Waals surface area contributed by atoms with E-state index in [2.05, 4.69) is 10.4 Å². The number of rotatable bonds is 5. The molecule has 0 fully saturated rings. The van der Waals surface area contributed by atoms with Crippen LogP contribution < -0.4 is 5.32 Å². The molecule has 0 saturated heterocycles. The van der Waals surface area contributed by atoms with Crippen molar-refractivity contribution >= 4 is 5.91 Å². The molecule has 0 aromatic carbocycles. The quantitative estimate of drug-likeness (QED) is 0.876. The molecule has 5 nitrogen and oxygen atoms in total. The number of aromatic nitrogens is 2. The van der Waals surface area contributed by atoms with E-state index >= 15 is 0 Å². The van der Waals surface area contributed by atoms with Gasteiger partial charge in [-0.2, -0.15) is 18.3 Å². The fourth-order valence-corrected chi connectivity index (χ4v) is 1.79. The van der Waals surface area contributed by atoms with Gasteiger partial charge in [0, 0.05) is 18.7 Å². The molecular formula is C13H20F3N3O2. The normalized spacial score (nSPS) is 15.1. The Balaban J connectivity index is 3.11. The predicted octanol–water partition coefficient (Wildman–Crippen LogP) is 2.23. The van der Waals surface area contributed by atoms with Crippen molar-refractivity contribution in [1.82, 2.24) is 15.1 Å². The van der Waals surface area contributed by atoms with E-state index in [0.717, 1.165) is 10.9 Å². The Morgan fingerprint density at radius 2 is 1.95 bits per heavy atom. The molecular weight excluding hydrogens is 287 g/mol. The first-order valence-corrected chi connectivity index (χ1v) is 6.66. The summed E-state index contributed by atoms with van der Waals surface area (Å²) in [7, 11) is 0. The smallest absolute Gasteiger partial charge is 0.396 e. The van der Waals surface area contributed by atoms with Crippen LogP contribution in [0.1, 0.15) is 49.8 Å². The highest BCUT2D eigenvalue weighted by Crippen LogP contribution is 2.33. The summed E-state index contributed by atoms with van der Waals surface area (Å²) in [5.74, 6) is -1.11. The van der Waals surface area contributed by atoms with E-state index in [1.807, 2.05) is 0 Å². The van der Waals surface area contributed by atoms with E-state index in [-0.39, 0.29) is 12.5 Å². The minimum absolute atomic E-state index is 0.168. The number of aliphatic hydroxyl groups is 1. The molecule has 0 spiro atoms. The monoisotopic (exact) mass is 307 g/mol. The second kappa shape index (κ2) is 6.46. The lowest BCUT2D eigenvalue weighted by Gasteiger charge is -2.20. The molecule has 2 atom stereocenters. The van der Waals surface area contributed by atoms with Crippen LogP contribution in [0.2, 0.25) is 0 Å². The number of carbonyl (C=O) groups is 1. The summed E-state index contributed by atoms with van der Waals surface area (Å²) < 4.78 is 40.2. The van der Waals surface area contributed by atoms with Gasteiger partial charge in [-0.1, -0.05) is 6.92 Å². The first-order chi connectivity index (χ1) is 9.59. The number of halogens is 3. The van der Waals surface area contributed by atoms with Crippen molar-refractivity contribution in [2.45, 2.75) is 46.0 Å². The molecule has 120 valence electrons. The highest BCUT2D eigenvalue weighted by Gasteiger charge is 2.40. The van der Waals surface area contributed by atoms with Crippen molar-refractivity contribution in [2.24, 2.45) is 5.92 Å². The van der Waals surface area contributed by atoms with Gasteiger partial charge >= 0.3 is 6.18 Å². The number of nitrogens with zero attached hydrogens (tertiary/aromatic N) is 2. The maximum absolute atomic E-state index is 13.1. The molecule has 8 heteroatoms. The molecule has 21 heavy (non-hydrogen) atoms. The van der Waals surface area contributed by atoms with E-state index in [1.54, 1.807) is 27.7 Å². The molecule has 2 N–H and O–H groups in total. The zero-order chi connectivity index (χ0) is 16.4. The Labute approximate surface area is 121 Å². The van der Waals surface area contributed by atoms with Crippen LogP contribution in [0.25, 0.3) is 0 Å². The fourth-order valence-electron chi connectivity index (χ4n) is 1.79. The second-order valence-corrected chi connectivity index (χ2v) is 5.36. The molecule has 0 aliphatic rings. The van der Waals surface area contributed by atoms with Gasteiger partial charge in [0.2, 0.25) is 0 Å². The van der Waals surface area contributed by atoms with Gasteiger partial charge in [0.25, 0.3) is 5.91 Å². The number of carbonyl (C=O) groups excluding carboxylic acids is 1. The Kier molecular flexibility index (Phi) is 5.38. The van der Waals surface area contributed by atoms with Crippen molar-refractivity contribution in [1.29, 1.82) is 0 Å². The van der Waals surface area contributed by atoms with Gasteiger partial charge in [-0.05, 0) is 26.7 Å². The Morgan fingerprint density at radius 1 is 1.38 bits per heavy atom. The van der Waals surface area contributed by atoms with Gasteiger partial charge in [-0.25, -0.2) is 0 Å². The Bertz CT molecular complexity index is 497. The zero-order valence-corrected chi connectivity index (χ0v) is 12.4. The molecule has 1 aromatic rings. The van der Waals surface area contributed by atoms with Crippen LogP contribution in [0, 0.1) is 5.92 Å². The van der Waals surface area contributed by atoms with Gasteiger partial charge in [0.05, 0.1) is 11.8 Å². The molecule has 0 saturated carbocycles. The number of hydrogen-bond acceptors (Lipinski definition) is 3. The standard InChI is InChI=1S/C13H20F3N3O2/c1-7(2)19-11(13(14,15)16)10(5-17-19)12(21)18-9(4)8(3)6-20/h5,7-9,20H,6H2,1-4H3,(H,18,21).